The van der Waals surface area contributed by atoms with Crippen molar-refractivity contribution in [1.29, 1.82) is 0 Å². The molecule has 2 aliphatic rings. The number of piperidine rings is 1. The van der Waals surface area contributed by atoms with Crippen molar-refractivity contribution in [3.8, 4) is 5.75 Å². The number of ether oxygens (including phenoxy) is 1. The Bertz CT molecular complexity index is 811. The van der Waals surface area contributed by atoms with Gasteiger partial charge in [-0.05, 0) is 48.4 Å². The van der Waals surface area contributed by atoms with Crippen LogP contribution in [0.1, 0.15) is 22.5 Å². The van der Waals surface area contributed by atoms with Gasteiger partial charge in [0.15, 0.2) is 6.61 Å². The predicted molar refractivity (Wildman–Crippen MR) is 101 cm³/mol. The summed E-state index contributed by atoms with van der Waals surface area (Å²) in [5, 5.41) is 5.56. The fourth-order valence-corrected chi connectivity index (χ4v) is 4.71. The van der Waals surface area contributed by atoms with Gasteiger partial charge in [0.1, 0.15) is 5.75 Å². The molecule has 2 heterocycles. The van der Waals surface area contributed by atoms with E-state index in [4.69, 9.17) is 16.3 Å². The number of hydrogen-bond donors (Lipinski definition) is 1. The summed E-state index contributed by atoms with van der Waals surface area (Å²) in [4.78, 5) is 27.5. The molecule has 2 bridgehead atoms. The Morgan fingerprint density at radius 1 is 1.27 bits per heavy atom. The number of carbonyl (C=O) groups is 2. The number of hydrogen-bond acceptors (Lipinski definition) is 4. The average Bonchev–Trinajstić information content (AvgIpc) is 3.36. The van der Waals surface area contributed by atoms with Crippen LogP contribution in [0.4, 0.5) is 0 Å². The topological polar surface area (TPSA) is 58.6 Å². The molecular formula is C19H19ClN2O3S. The van der Waals surface area contributed by atoms with Crippen molar-refractivity contribution < 1.29 is 14.3 Å². The first kappa shape index (κ1) is 17.4. The number of amides is 2. The number of thiophene rings is 1. The summed E-state index contributed by atoms with van der Waals surface area (Å²) in [6.07, 6.45) is 1.87. The Kier molecular flexibility index (Phi) is 4.87. The lowest BCUT2D eigenvalue weighted by molar-refractivity contribution is -0.135. The fraction of sp³-hybridized carbons (Fsp3) is 0.368. The van der Waals surface area contributed by atoms with Gasteiger partial charge in [0, 0.05) is 17.6 Å². The number of nitrogens with zero attached hydrogens (tertiary/aromatic N) is 1. The second-order valence-electron chi connectivity index (χ2n) is 6.75. The third-order valence-electron chi connectivity index (χ3n) is 5.02. The van der Waals surface area contributed by atoms with Crippen LogP contribution in [0.25, 0.3) is 0 Å². The Labute approximate surface area is 160 Å². The van der Waals surface area contributed by atoms with Gasteiger partial charge in [0.25, 0.3) is 11.8 Å². The fourth-order valence-electron chi connectivity index (χ4n) is 3.90. The number of nitrogens with one attached hydrogen (secondary N) is 1. The van der Waals surface area contributed by atoms with Crippen molar-refractivity contribution in [2.75, 3.05) is 13.2 Å². The zero-order valence-corrected chi connectivity index (χ0v) is 15.6. The standard InChI is InChI=1S/C19H19ClN2O3S/c20-13-3-1-4-14(9-13)25-11-18(23)22-10-12-7-15(16(22)8-12)21-19(24)17-5-2-6-26-17/h1-6,9,12,15-16H,7-8,10-11H2,(H,21,24). The van der Waals surface area contributed by atoms with E-state index in [-0.39, 0.29) is 30.5 Å². The van der Waals surface area contributed by atoms with Crippen molar-refractivity contribution in [1.82, 2.24) is 10.2 Å². The molecule has 3 atom stereocenters. The highest BCUT2D eigenvalue weighted by Crippen LogP contribution is 2.38. The van der Waals surface area contributed by atoms with Gasteiger partial charge in [-0.1, -0.05) is 23.7 Å². The van der Waals surface area contributed by atoms with Crippen LogP contribution in [0.5, 0.6) is 5.75 Å². The highest BCUT2D eigenvalue weighted by Gasteiger charge is 2.47. The van der Waals surface area contributed by atoms with Crippen molar-refractivity contribution in [3.05, 3.63) is 51.7 Å². The smallest absolute Gasteiger partial charge is 0.261 e. The quantitative estimate of drug-likeness (QED) is 0.852. The van der Waals surface area contributed by atoms with Gasteiger partial charge in [-0.2, -0.15) is 0 Å². The minimum atomic E-state index is -0.0554. The monoisotopic (exact) mass is 390 g/mol. The van der Waals surface area contributed by atoms with Gasteiger partial charge < -0.3 is 15.0 Å². The predicted octanol–water partition coefficient (Wildman–Crippen LogP) is 3.20. The molecule has 1 aromatic heterocycles. The summed E-state index contributed by atoms with van der Waals surface area (Å²) in [6.45, 7) is 0.725. The number of fused-ring (bicyclic) bond motifs is 2. The summed E-state index contributed by atoms with van der Waals surface area (Å²) in [6, 6.07) is 10.8. The van der Waals surface area contributed by atoms with Gasteiger partial charge in [-0.25, -0.2) is 0 Å². The molecule has 1 aromatic carbocycles. The van der Waals surface area contributed by atoms with E-state index in [1.807, 2.05) is 22.4 Å². The molecule has 0 spiro atoms. The lowest BCUT2D eigenvalue weighted by Gasteiger charge is -2.33. The van der Waals surface area contributed by atoms with Gasteiger partial charge >= 0.3 is 0 Å². The SMILES string of the molecule is O=C(NC1CC2CC1N(C(=O)COc1cccc(Cl)c1)C2)c1cccs1. The molecular weight excluding hydrogens is 372 g/mol. The van der Waals surface area contributed by atoms with Crippen LogP contribution in [0, 0.1) is 5.92 Å². The van der Waals surface area contributed by atoms with E-state index in [2.05, 4.69) is 5.32 Å². The van der Waals surface area contributed by atoms with Crippen molar-refractivity contribution in [3.63, 3.8) is 0 Å². The van der Waals surface area contributed by atoms with Gasteiger partial charge in [0.2, 0.25) is 0 Å². The van der Waals surface area contributed by atoms with Crippen LogP contribution in [-0.2, 0) is 4.79 Å². The van der Waals surface area contributed by atoms with E-state index in [1.165, 1.54) is 11.3 Å². The first-order valence-electron chi connectivity index (χ1n) is 8.62. The Morgan fingerprint density at radius 2 is 2.15 bits per heavy atom. The van der Waals surface area contributed by atoms with Crippen LogP contribution in [0.15, 0.2) is 41.8 Å². The average molecular weight is 391 g/mol. The molecule has 2 fully saturated rings. The van der Waals surface area contributed by atoms with Crippen LogP contribution in [0.2, 0.25) is 5.02 Å². The normalized spacial score (nSPS) is 23.9. The second kappa shape index (κ2) is 7.29. The molecule has 2 aromatic rings. The molecule has 1 saturated carbocycles. The Balaban J connectivity index is 1.35. The number of likely N-dealkylation sites (tertiary alicyclic amines) is 1. The molecule has 5 nitrogen and oxygen atoms in total. The number of carbonyl (C=O) groups excluding carboxylic acids is 2. The summed E-state index contributed by atoms with van der Waals surface area (Å²) >= 11 is 7.36. The Hall–Kier alpha value is -2.05. The molecule has 3 unspecified atom stereocenters. The molecule has 1 aliphatic carbocycles. The zero-order chi connectivity index (χ0) is 18.1. The minimum Gasteiger partial charge on any atom is -0.484 e. The molecule has 26 heavy (non-hydrogen) atoms. The minimum absolute atomic E-state index is 0.0125. The van der Waals surface area contributed by atoms with Crippen molar-refractivity contribution in [2.24, 2.45) is 5.92 Å². The van der Waals surface area contributed by atoms with Crippen LogP contribution < -0.4 is 10.1 Å². The maximum absolute atomic E-state index is 12.6. The van der Waals surface area contributed by atoms with E-state index in [1.54, 1.807) is 24.3 Å². The molecule has 1 N–H and O–H groups in total. The summed E-state index contributed by atoms with van der Waals surface area (Å²) in [5.41, 5.74) is 0. The molecule has 1 aliphatic heterocycles. The van der Waals surface area contributed by atoms with Gasteiger partial charge in [-0.15, -0.1) is 11.3 Å². The highest BCUT2D eigenvalue weighted by atomic mass is 35.5. The van der Waals surface area contributed by atoms with E-state index in [0.717, 1.165) is 19.4 Å². The van der Waals surface area contributed by atoms with Crippen LogP contribution in [0.3, 0.4) is 0 Å². The third-order valence-corrected chi connectivity index (χ3v) is 6.13. The number of benzene rings is 1. The van der Waals surface area contributed by atoms with E-state index in [9.17, 15) is 9.59 Å². The second-order valence-corrected chi connectivity index (χ2v) is 8.14. The highest BCUT2D eigenvalue weighted by molar-refractivity contribution is 7.12. The van der Waals surface area contributed by atoms with Crippen molar-refractivity contribution >= 4 is 34.8 Å². The maximum Gasteiger partial charge on any atom is 0.261 e. The lowest BCUT2D eigenvalue weighted by atomic mass is 10.1. The lowest BCUT2D eigenvalue weighted by Crippen LogP contribution is -2.52. The van der Waals surface area contributed by atoms with Crippen LogP contribution in [-0.4, -0.2) is 41.9 Å². The first-order valence-corrected chi connectivity index (χ1v) is 9.88. The van der Waals surface area contributed by atoms with Crippen LogP contribution >= 0.6 is 22.9 Å². The molecule has 0 radical (unpaired) electrons. The number of halogens is 1. The van der Waals surface area contributed by atoms with Gasteiger partial charge in [-0.3, -0.25) is 9.59 Å². The summed E-state index contributed by atoms with van der Waals surface area (Å²) < 4.78 is 5.58. The van der Waals surface area contributed by atoms with Gasteiger partial charge in [0.05, 0.1) is 10.9 Å². The van der Waals surface area contributed by atoms with E-state index in [0.29, 0.717) is 21.6 Å². The molecule has 136 valence electrons. The third kappa shape index (κ3) is 3.57. The van der Waals surface area contributed by atoms with E-state index >= 15 is 0 Å². The first-order chi connectivity index (χ1) is 12.6. The maximum atomic E-state index is 12.6. The van der Waals surface area contributed by atoms with Crippen molar-refractivity contribution in [2.45, 2.75) is 24.9 Å². The molecule has 4 rings (SSSR count). The zero-order valence-electron chi connectivity index (χ0n) is 14.1. The number of rotatable bonds is 5. The summed E-state index contributed by atoms with van der Waals surface area (Å²) in [7, 11) is 0. The largest absolute Gasteiger partial charge is 0.484 e. The molecule has 7 heteroatoms. The molecule has 2 amide bonds. The molecule has 1 saturated heterocycles. The van der Waals surface area contributed by atoms with E-state index < -0.39 is 0 Å². The summed E-state index contributed by atoms with van der Waals surface area (Å²) in [5.74, 6) is 0.925. The Morgan fingerprint density at radius 3 is 2.88 bits per heavy atom.